The molecule has 0 unspecified atom stereocenters. The van der Waals surface area contributed by atoms with Crippen LogP contribution in [0.15, 0.2) is 12.4 Å². The molecule has 1 aromatic heterocycles. The Bertz CT molecular complexity index is 445. The maximum absolute atomic E-state index is 12.6. The molecule has 1 aliphatic rings. The van der Waals surface area contributed by atoms with Crippen LogP contribution < -0.4 is 0 Å². The van der Waals surface area contributed by atoms with Crippen LogP contribution in [0, 0.1) is 0 Å². The zero-order valence-corrected chi connectivity index (χ0v) is 12.2. The van der Waals surface area contributed by atoms with Crippen molar-refractivity contribution in [1.29, 1.82) is 0 Å². The molecule has 7 heteroatoms. The van der Waals surface area contributed by atoms with Crippen LogP contribution in [-0.2, 0) is 13.1 Å². The summed E-state index contributed by atoms with van der Waals surface area (Å²) in [6, 6.07) is 0.515. The minimum Gasteiger partial charge on any atom is -0.396 e. The van der Waals surface area contributed by atoms with Crippen molar-refractivity contribution >= 4 is 0 Å². The van der Waals surface area contributed by atoms with E-state index in [1.165, 1.54) is 12.4 Å². The fourth-order valence-electron chi connectivity index (χ4n) is 3.08. The van der Waals surface area contributed by atoms with Crippen molar-refractivity contribution in [3.8, 4) is 0 Å². The van der Waals surface area contributed by atoms with Crippen LogP contribution in [0.5, 0.6) is 0 Å². The third kappa shape index (κ3) is 4.44. The average Bonchev–Trinajstić information content (AvgIpc) is 2.79. The molecule has 1 saturated heterocycles. The monoisotopic (exact) mass is 305 g/mol. The summed E-state index contributed by atoms with van der Waals surface area (Å²) in [6.45, 7) is 1.58. The Morgan fingerprint density at radius 1 is 1.38 bits per heavy atom. The normalized spacial score (nSPS) is 24.4. The Labute approximate surface area is 122 Å². The molecule has 2 rings (SSSR count). The van der Waals surface area contributed by atoms with E-state index >= 15 is 0 Å². The van der Waals surface area contributed by atoms with E-state index in [1.54, 1.807) is 0 Å². The number of alkyl halides is 3. The number of aromatic nitrogens is 2. The van der Waals surface area contributed by atoms with Gasteiger partial charge in [-0.1, -0.05) is 6.42 Å². The van der Waals surface area contributed by atoms with Crippen LogP contribution in [0.3, 0.4) is 0 Å². The summed E-state index contributed by atoms with van der Waals surface area (Å²) in [4.78, 5) is 6.26. The van der Waals surface area contributed by atoms with Crippen LogP contribution in [0.1, 0.15) is 38.4 Å². The predicted molar refractivity (Wildman–Crippen MR) is 72.6 cm³/mol. The number of halogens is 3. The van der Waals surface area contributed by atoms with Crippen molar-refractivity contribution in [3.05, 3.63) is 18.2 Å². The van der Waals surface area contributed by atoms with Gasteiger partial charge < -0.3 is 9.67 Å². The van der Waals surface area contributed by atoms with Crippen LogP contribution in [0.4, 0.5) is 13.2 Å². The number of rotatable bonds is 5. The highest BCUT2D eigenvalue weighted by Crippen LogP contribution is 2.27. The summed E-state index contributed by atoms with van der Waals surface area (Å²) >= 11 is 0. The van der Waals surface area contributed by atoms with Gasteiger partial charge in [-0.15, -0.1) is 0 Å². The van der Waals surface area contributed by atoms with Crippen molar-refractivity contribution in [3.63, 3.8) is 0 Å². The van der Waals surface area contributed by atoms with E-state index < -0.39 is 12.7 Å². The molecule has 120 valence electrons. The van der Waals surface area contributed by atoms with Gasteiger partial charge in [0.2, 0.25) is 0 Å². The lowest BCUT2D eigenvalue weighted by atomic mass is 9.94. The predicted octanol–water partition coefficient (Wildman–Crippen LogP) is 2.57. The Morgan fingerprint density at radius 2 is 2.14 bits per heavy atom. The Morgan fingerprint density at radius 3 is 2.81 bits per heavy atom. The van der Waals surface area contributed by atoms with Gasteiger partial charge in [0.05, 0.1) is 6.54 Å². The van der Waals surface area contributed by atoms with Gasteiger partial charge in [0, 0.05) is 31.1 Å². The summed E-state index contributed by atoms with van der Waals surface area (Å²) < 4.78 is 38.8. The molecule has 0 radical (unpaired) electrons. The van der Waals surface area contributed by atoms with Crippen molar-refractivity contribution in [1.82, 2.24) is 14.5 Å². The van der Waals surface area contributed by atoms with E-state index in [0.29, 0.717) is 24.8 Å². The number of hydrogen-bond donors (Lipinski definition) is 1. The minimum atomic E-state index is -4.24. The Balaban J connectivity index is 2.10. The van der Waals surface area contributed by atoms with E-state index in [1.807, 2.05) is 0 Å². The maximum atomic E-state index is 12.6. The topological polar surface area (TPSA) is 41.3 Å². The number of aliphatic hydroxyl groups excluding tert-OH is 1. The highest BCUT2D eigenvalue weighted by molar-refractivity contribution is 4.96. The SMILES string of the molecule is C[C@@H]1CCC[C@H](CCO)N1Cc1nccn1CC(F)(F)F. The molecule has 21 heavy (non-hydrogen) atoms. The van der Waals surface area contributed by atoms with Crippen molar-refractivity contribution in [2.24, 2.45) is 0 Å². The lowest BCUT2D eigenvalue weighted by Crippen LogP contribution is -2.45. The number of likely N-dealkylation sites (tertiary alicyclic amines) is 1. The Hall–Kier alpha value is -1.08. The lowest BCUT2D eigenvalue weighted by Gasteiger charge is -2.40. The standard InChI is InChI=1S/C14H22F3N3O/c1-11-3-2-4-12(5-8-21)20(11)9-13-18-6-7-19(13)10-14(15,16)17/h6-7,11-12,21H,2-5,8-10H2,1H3/t11-,12-/m1/s1. The van der Waals surface area contributed by atoms with Gasteiger partial charge in [0.1, 0.15) is 12.4 Å². The maximum Gasteiger partial charge on any atom is 0.406 e. The second-order valence-electron chi connectivity index (χ2n) is 5.70. The molecule has 4 nitrogen and oxygen atoms in total. The van der Waals surface area contributed by atoms with Crippen LogP contribution in [0.25, 0.3) is 0 Å². The first-order valence-corrected chi connectivity index (χ1v) is 7.34. The molecular weight excluding hydrogens is 283 g/mol. The minimum absolute atomic E-state index is 0.102. The molecule has 1 aliphatic heterocycles. The van der Waals surface area contributed by atoms with Crippen molar-refractivity contribution < 1.29 is 18.3 Å². The van der Waals surface area contributed by atoms with Crippen molar-refractivity contribution in [2.45, 2.75) is 64.0 Å². The molecule has 1 fully saturated rings. The molecule has 2 atom stereocenters. The van der Waals surface area contributed by atoms with E-state index in [2.05, 4.69) is 16.8 Å². The quantitative estimate of drug-likeness (QED) is 0.909. The van der Waals surface area contributed by atoms with E-state index in [9.17, 15) is 13.2 Å². The van der Waals surface area contributed by atoms with Crippen LogP contribution in [0.2, 0.25) is 0 Å². The summed E-state index contributed by atoms with van der Waals surface area (Å²) in [7, 11) is 0. The van der Waals surface area contributed by atoms with Crippen molar-refractivity contribution in [2.75, 3.05) is 6.61 Å². The number of aliphatic hydroxyl groups is 1. The third-order valence-corrected chi connectivity index (χ3v) is 4.13. The van der Waals surface area contributed by atoms with Crippen LogP contribution in [-0.4, -0.2) is 44.4 Å². The number of piperidine rings is 1. The van der Waals surface area contributed by atoms with E-state index in [-0.39, 0.29) is 12.6 Å². The second kappa shape index (κ2) is 6.79. The molecule has 0 amide bonds. The second-order valence-corrected chi connectivity index (χ2v) is 5.70. The van der Waals surface area contributed by atoms with E-state index in [0.717, 1.165) is 23.8 Å². The fraction of sp³-hybridized carbons (Fsp3) is 0.786. The van der Waals surface area contributed by atoms with Gasteiger partial charge in [-0.3, -0.25) is 4.90 Å². The number of hydrogen-bond acceptors (Lipinski definition) is 3. The van der Waals surface area contributed by atoms with Gasteiger partial charge in [0.25, 0.3) is 0 Å². The third-order valence-electron chi connectivity index (χ3n) is 4.13. The average molecular weight is 305 g/mol. The zero-order valence-electron chi connectivity index (χ0n) is 12.2. The summed E-state index contributed by atoms with van der Waals surface area (Å²) in [6.07, 6.45) is 2.30. The first kappa shape index (κ1) is 16.3. The highest BCUT2D eigenvalue weighted by atomic mass is 19.4. The van der Waals surface area contributed by atoms with Gasteiger partial charge in [-0.2, -0.15) is 13.2 Å². The summed E-state index contributed by atoms with van der Waals surface area (Å²) in [5.41, 5.74) is 0. The molecule has 2 heterocycles. The summed E-state index contributed by atoms with van der Waals surface area (Å²) in [5.74, 6) is 0.434. The Kier molecular flexibility index (Phi) is 5.27. The van der Waals surface area contributed by atoms with Gasteiger partial charge in [-0.05, 0) is 26.2 Å². The fourth-order valence-corrected chi connectivity index (χ4v) is 3.08. The molecule has 0 aliphatic carbocycles. The van der Waals surface area contributed by atoms with Gasteiger partial charge in [-0.25, -0.2) is 4.98 Å². The van der Waals surface area contributed by atoms with Gasteiger partial charge in [0.15, 0.2) is 0 Å². The number of nitrogens with zero attached hydrogens (tertiary/aromatic N) is 3. The smallest absolute Gasteiger partial charge is 0.396 e. The first-order valence-electron chi connectivity index (χ1n) is 7.34. The van der Waals surface area contributed by atoms with Gasteiger partial charge >= 0.3 is 6.18 Å². The highest BCUT2D eigenvalue weighted by Gasteiger charge is 2.31. The van der Waals surface area contributed by atoms with E-state index in [4.69, 9.17) is 5.11 Å². The molecule has 0 saturated carbocycles. The van der Waals surface area contributed by atoms with Crippen LogP contribution >= 0.6 is 0 Å². The zero-order chi connectivity index (χ0) is 15.5. The summed E-state index contributed by atoms with van der Waals surface area (Å²) in [5, 5.41) is 9.16. The molecule has 1 N–H and O–H groups in total. The molecular formula is C14H22F3N3O. The largest absolute Gasteiger partial charge is 0.406 e. The number of imidazole rings is 1. The molecule has 1 aromatic rings. The lowest BCUT2D eigenvalue weighted by molar-refractivity contribution is -0.141. The first-order chi connectivity index (χ1) is 9.90. The molecule has 0 bridgehead atoms. The molecule has 0 aromatic carbocycles. The molecule has 0 spiro atoms.